The lowest BCUT2D eigenvalue weighted by Crippen LogP contribution is -1.83. The molecule has 0 radical (unpaired) electrons. The number of hydrogen-bond donors (Lipinski definition) is 0. The molecule has 0 spiro atoms. The van der Waals surface area contributed by atoms with Crippen molar-refractivity contribution in [3.8, 4) is 0 Å². The van der Waals surface area contributed by atoms with Crippen molar-refractivity contribution in [2.75, 3.05) is 0 Å². The molecule has 126 valence electrons. The Labute approximate surface area is 139 Å². The predicted molar refractivity (Wildman–Crippen MR) is 101 cm³/mol. The van der Waals surface area contributed by atoms with E-state index in [4.69, 9.17) is 0 Å². The van der Waals surface area contributed by atoms with Crippen molar-refractivity contribution in [1.82, 2.24) is 0 Å². The standard InChI is InChI=1S/C22H38/c1-2-4-6-8-10-12-14-16-18-20-22-21-19-17-15-13-11-9-7-5-3-1/h1-6H,7-22H2. The molecular weight excluding hydrogens is 264 g/mol. The molecule has 1 rings (SSSR count). The smallest absolute Gasteiger partial charge is 0.0348 e. The minimum Gasteiger partial charge on any atom is -0.0845 e. The van der Waals surface area contributed by atoms with Crippen LogP contribution >= 0.6 is 0 Å². The van der Waals surface area contributed by atoms with Gasteiger partial charge in [-0.1, -0.05) is 114 Å². The van der Waals surface area contributed by atoms with Crippen molar-refractivity contribution < 1.29 is 0 Å². The fourth-order valence-electron chi connectivity index (χ4n) is 3.12. The zero-order valence-corrected chi connectivity index (χ0v) is 14.8. The lowest BCUT2D eigenvalue weighted by Gasteiger charge is -2.03. The first kappa shape index (κ1) is 19.3. The molecule has 0 aromatic carbocycles. The molecule has 0 fully saturated rings. The van der Waals surface area contributed by atoms with Crippen LogP contribution in [0.4, 0.5) is 0 Å². The third kappa shape index (κ3) is 14.2. The molecule has 0 saturated heterocycles. The average Bonchev–Trinajstić information content (AvgIpc) is 2.53. The van der Waals surface area contributed by atoms with E-state index in [2.05, 4.69) is 36.5 Å². The summed E-state index contributed by atoms with van der Waals surface area (Å²) in [7, 11) is 0. The summed E-state index contributed by atoms with van der Waals surface area (Å²) in [4.78, 5) is 0. The van der Waals surface area contributed by atoms with Crippen LogP contribution in [-0.4, -0.2) is 0 Å². The number of allylic oxidation sites excluding steroid dienone is 6. The molecule has 22 heavy (non-hydrogen) atoms. The SMILES string of the molecule is C1=CC=CCCCCCCCCCCCCCCCCC=C1. The Morgan fingerprint density at radius 2 is 0.545 bits per heavy atom. The summed E-state index contributed by atoms with van der Waals surface area (Å²) in [6, 6.07) is 0. The molecule has 0 N–H and O–H groups in total. The van der Waals surface area contributed by atoms with Gasteiger partial charge in [0, 0.05) is 0 Å². The third-order valence-corrected chi connectivity index (χ3v) is 4.60. The highest BCUT2D eigenvalue weighted by atomic mass is 14.0. The van der Waals surface area contributed by atoms with E-state index in [0.29, 0.717) is 0 Å². The van der Waals surface area contributed by atoms with Crippen molar-refractivity contribution in [1.29, 1.82) is 0 Å². The summed E-state index contributed by atoms with van der Waals surface area (Å²) in [5, 5.41) is 0. The van der Waals surface area contributed by atoms with Crippen LogP contribution in [0.1, 0.15) is 103 Å². The van der Waals surface area contributed by atoms with Crippen LogP contribution in [0.15, 0.2) is 36.5 Å². The molecular formula is C22H38. The number of hydrogen-bond acceptors (Lipinski definition) is 0. The number of rotatable bonds is 0. The monoisotopic (exact) mass is 302 g/mol. The molecule has 0 aromatic rings. The van der Waals surface area contributed by atoms with Crippen LogP contribution in [-0.2, 0) is 0 Å². The molecule has 0 aromatic heterocycles. The van der Waals surface area contributed by atoms with E-state index in [9.17, 15) is 0 Å². The Bertz CT molecular complexity index is 265. The van der Waals surface area contributed by atoms with Gasteiger partial charge in [-0.25, -0.2) is 0 Å². The minimum atomic E-state index is 1.24. The Morgan fingerprint density at radius 3 is 0.864 bits per heavy atom. The first-order chi connectivity index (χ1) is 11.0. The molecule has 0 bridgehead atoms. The van der Waals surface area contributed by atoms with Gasteiger partial charge in [0.25, 0.3) is 0 Å². The summed E-state index contributed by atoms with van der Waals surface area (Å²) in [6.45, 7) is 0. The van der Waals surface area contributed by atoms with E-state index in [-0.39, 0.29) is 0 Å². The summed E-state index contributed by atoms with van der Waals surface area (Å²) >= 11 is 0. The first-order valence-corrected chi connectivity index (χ1v) is 9.98. The fourth-order valence-corrected chi connectivity index (χ4v) is 3.12. The van der Waals surface area contributed by atoms with Gasteiger partial charge in [-0.05, 0) is 25.7 Å². The molecule has 0 heterocycles. The zero-order chi connectivity index (χ0) is 15.6. The Balaban J connectivity index is 2.16. The lowest BCUT2D eigenvalue weighted by molar-refractivity contribution is 0.534. The van der Waals surface area contributed by atoms with Crippen LogP contribution in [0.2, 0.25) is 0 Å². The van der Waals surface area contributed by atoms with E-state index >= 15 is 0 Å². The molecule has 0 atom stereocenters. The van der Waals surface area contributed by atoms with Crippen LogP contribution in [0.25, 0.3) is 0 Å². The molecule has 1 aliphatic rings. The second kappa shape index (κ2) is 16.6. The maximum Gasteiger partial charge on any atom is -0.0348 e. The molecule has 0 heteroatoms. The fraction of sp³-hybridized carbons (Fsp3) is 0.727. The van der Waals surface area contributed by atoms with E-state index in [1.54, 1.807) is 0 Å². The van der Waals surface area contributed by atoms with Crippen molar-refractivity contribution >= 4 is 0 Å². The molecule has 0 unspecified atom stereocenters. The van der Waals surface area contributed by atoms with Crippen LogP contribution in [0.3, 0.4) is 0 Å². The molecule has 0 saturated carbocycles. The van der Waals surface area contributed by atoms with Gasteiger partial charge in [-0.2, -0.15) is 0 Å². The quantitative estimate of drug-likeness (QED) is 0.426. The maximum atomic E-state index is 2.32. The lowest BCUT2D eigenvalue weighted by atomic mass is 10.0. The molecule has 1 aliphatic carbocycles. The van der Waals surface area contributed by atoms with Gasteiger partial charge in [0.15, 0.2) is 0 Å². The van der Waals surface area contributed by atoms with Gasteiger partial charge in [0.05, 0.1) is 0 Å². The van der Waals surface area contributed by atoms with Gasteiger partial charge in [0.1, 0.15) is 0 Å². The second-order valence-corrected chi connectivity index (χ2v) is 6.77. The summed E-state index contributed by atoms with van der Waals surface area (Å²) < 4.78 is 0. The zero-order valence-electron chi connectivity index (χ0n) is 14.8. The topological polar surface area (TPSA) is 0 Å². The van der Waals surface area contributed by atoms with E-state index < -0.39 is 0 Å². The van der Waals surface area contributed by atoms with Crippen molar-refractivity contribution in [2.45, 2.75) is 103 Å². The largest absolute Gasteiger partial charge is 0.0845 e. The molecule has 0 amide bonds. The van der Waals surface area contributed by atoms with Gasteiger partial charge < -0.3 is 0 Å². The van der Waals surface area contributed by atoms with E-state index in [0.717, 1.165) is 0 Å². The van der Waals surface area contributed by atoms with Gasteiger partial charge in [-0.3, -0.25) is 0 Å². The minimum absolute atomic E-state index is 1.24. The first-order valence-electron chi connectivity index (χ1n) is 9.98. The van der Waals surface area contributed by atoms with E-state index in [1.165, 1.54) is 103 Å². The van der Waals surface area contributed by atoms with Crippen molar-refractivity contribution in [3.05, 3.63) is 36.5 Å². The summed E-state index contributed by atoms with van der Waals surface area (Å²) in [6.07, 6.45) is 36.0. The highest BCUT2D eigenvalue weighted by molar-refractivity contribution is 5.10. The Morgan fingerprint density at radius 1 is 0.273 bits per heavy atom. The Kier molecular flexibility index (Phi) is 14.5. The average molecular weight is 303 g/mol. The van der Waals surface area contributed by atoms with Crippen LogP contribution in [0.5, 0.6) is 0 Å². The molecule has 0 aliphatic heterocycles. The van der Waals surface area contributed by atoms with Gasteiger partial charge >= 0.3 is 0 Å². The van der Waals surface area contributed by atoms with Crippen molar-refractivity contribution in [3.63, 3.8) is 0 Å². The normalized spacial score (nSPS) is 21.8. The maximum absolute atomic E-state index is 2.32. The van der Waals surface area contributed by atoms with Crippen molar-refractivity contribution in [2.24, 2.45) is 0 Å². The van der Waals surface area contributed by atoms with Crippen LogP contribution in [0, 0.1) is 0 Å². The molecule has 0 nitrogen and oxygen atoms in total. The predicted octanol–water partition coefficient (Wildman–Crippen LogP) is 7.91. The highest BCUT2D eigenvalue weighted by Crippen LogP contribution is 2.14. The summed E-state index contributed by atoms with van der Waals surface area (Å²) in [5.41, 5.74) is 0. The second-order valence-electron chi connectivity index (χ2n) is 6.77. The Hall–Kier alpha value is -0.780. The highest BCUT2D eigenvalue weighted by Gasteiger charge is 1.94. The summed E-state index contributed by atoms with van der Waals surface area (Å²) in [5.74, 6) is 0. The van der Waals surface area contributed by atoms with E-state index in [1.807, 2.05) is 0 Å². The van der Waals surface area contributed by atoms with Gasteiger partial charge in [0.2, 0.25) is 0 Å². The third-order valence-electron chi connectivity index (χ3n) is 4.60. The van der Waals surface area contributed by atoms with Gasteiger partial charge in [-0.15, -0.1) is 0 Å². The van der Waals surface area contributed by atoms with Crippen LogP contribution < -0.4 is 0 Å².